The topological polar surface area (TPSA) is 150 Å². The van der Waals surface area contributed by atoms with Gasteiger partial charge in [0.25, 0.3) is 0 Å². The zero-order valence-electron chi connectivity index (χ0n) is 18.3. The van der Waals surface area contributed by atoms with E-state index in [2.05, 4.69) is 15.2 Å². The molecule has 1 amide bonds. The van der Waals surface area contributed by atoms with Crippen molar-refractivity contribution in [2.45, 2.75) is 32.4 Å². The van der Waals surface area contributed by atoms with Crippen molar-refractivity contribution >= 4 is 29.1 Å². The number of nitrogens with two attached hydrogens (primary N) is 2. The van der Waals surface area contributed by atoms with Gasteiger partial charge in [0, 0.05) is 35.6 Å². The molecule has 32 heavy (non-hydrogen) atoms. The van der Waals surface area contributed by atoms with Gasteiger partial charge >= 0.3 is 6.09 Å². The highest BCUT2D eigenvalue weighted by atomic mass is 16.6. The zero-order valence-corrected chi connectivity index (χ0v) is 18.3. The molecule has 2 aromatic carbocycles. The van der Waals surface area contributed by atoms with Crippen LogP contribution in [0.5, 0.6) is 0 Å². The monoisotopic (exact) mass is 440 g/mol. The first-order chi connectivity index (χ1) is 15.1. The summed E-state index contributed by atoms with van der Waals surface area (Å²) in [6.07, 6.45) is -0.349. The highest BCUT2D eigenvalue weighted by Gasteiger charge is 2.38. The molecule has 2 aromatic rings. The first-order valence-electron chi connectivity index (χ1n) is 10.1. The van der Waals surface area contributed by atoms with Crippen molar-refractivity contribution in [2.24, 2.45) is 21.8 Å². The van der Waals surface area contributed by atoms with E-state index in [4.69, 9.17) is 26.6 Å². The second kappa shape index (κ2) is 9.04. The molecule has 0 radical (unpaired) electrons. The number of hydrogen-bond donors (Lipinski definition) is 4. The third kappa shape index (κ3) is 5.02. The molecular weight excluding hydrogens is 412 g/mol. The van der Waals surface area contributed by atoms with Crippen molar-refractivity contribution in [3.05, 3.63) is 59.7 Å². The molecule has 0 aliphatic carbocycles. The lowest BCUT2D eigenvalue weighted by Crippen LogP contribution is -2.60. The third-order valence-electron chi connectivity index (χ3n) is 4.98. The van der Waals surface area contributed by atoms with Gasteiger partial charge in [0.1, 0.15) is 5.60 Å². The van der Waals surface area contributed by atoms with Crippen LogP contribution in [0.2, 0.25) is 0 Å². The maximum absolute atomic E-state index is 12.4. The summed E-state index contributed by atoms with van der Waals surface area (Å²) >= 11 is 0. The summed E-state index contributed by atoms with van der Waals surface area (Å²) in [7, 11) is 0. The lowest BCUT2D eigenvalue weighted by Gasteiger charge is -2.46. The normalized spacial score (nSPS) is 15.3. The summed E-state index contributed by atoms with van der Waals surface area (Å²) in [6, 6.07) is 14.5. The number of benzene rings is 2. The molecule has 0 aromatic heterocycles. The SMILES string of the molecule is CC(C)(C)OC(=O)N1CC(N(c2ccc(/C(N)=N/O)cc2)c2ccc(/C(N)=N\O)cc2)C1. The van der Waals surface area contributed by atoms with Crippen LogP contribution in [0.3, 0.4) is 0 Å². The fraction of sp³-hybridized carbons (Fsp3) is 0.318. The average Bonchev–Trinajstić information content (AvgIpc) is 2.73. The molecule has 3 rings (SSSR count). The summed E-state index contributed by atoms with van der Waals surface area (Å²) in [4.78, 5) is 16.1. The Morgan fingerprint density at radius 3 is 1.69 bits per heavy atom. The summed E-state index contributed by atoms with van der Waals surface area (Å²) in [5, 5.41) is 23.8. The Bertz CT molecular complexity index is 945. The number of likely N-dealkylation sites (tertiary alicyclic amines) is 1. The molecule has 6 N–H and O–H groups in total. The molecule has 170 valence electrons. The molecule has 10 heteroatoms. The van der Waals surface area contributed by atoms with Gasteiger partial charge in [-0.3, -0.25) is 0 Å². The minimum absolute atomic E-state index is 0.00642. The third-order valence-corrected chi connectivity index (χ3v) is 4.98. The number of rotatable bonds is 5. The van der Waals surface area contributed by atoms with Gasteiger partial charge in [0.15, 0.2) is 11.7 Å². The highest BCUT2D eigenvalue weighted by molar-refractivity contribution is 5.98. The van der Waals surface area contributed by atoms with Crippen LogP contribution in [0, 0.1) is 0 Å². The number of carbonyl (C=O) groups is 1. The van der Waals surface area contributed by atoms with E-state index in [-0.39, 0.29) is 23.8 Å². The molecule has 1 heterocycles. The number of carbonyl (C=O) groups excluding carboxylic acids is 1. The van der Waals surface area contributed by atoms with Crippen LogP contribution in [0.1, 0.15) is 31.9 Å². The van der Waals surface area contributed by atoms with Gasteiger partial charge in [0.05, 0.1) is 6.04 Å². The first-order valence-corrected chi connectivity index (χ1v) is 10.1. The minimum Gasteiger partial charge on any atom is -0.444 e. The van der Waals surface area contributed by atoms with Crippen LogP contribution in [0.15, 0.2) is 58.8 Å². The molecule has 0 spiro atoms. The summed E-state index contributed by atoms with van der Waals surface area (Å²) in [6.45, 7) is 6.47. The van der Waals surface area contributed by atoms with Crippen molar-refractivity contribution in [1.29, 1.82) is 0 Å². The standard InChI is InChI=1S/C22H28N6O4/c1-22(2,3)32-21(29)27-12-18(13-27)28(16-8-4-14(5-9-16)19(23)25-30)17-10-6-15(7-11-17)20(24)26-31/h4-11,18,30-31H,12-13H2,1-3H3,(H2,23,25)(H2,24,26). The van der Waals surface area contributed by atoms with Gasteiger partial charge in [-0.15, -0.1) is 0 Å². The Kier molecular flexibility index (Phi) is 6.42. The van der Waals surface area contributed by atoms with Crippen molar-refractivity contribution < 1.29 is 19.9 Å². The lowest BCUT2D eigenvalue weighted by molar-refractivity contribution is 0.00890. The molecule has 1 saturated heterocycles. The van der Waals surface area contributed by atoms with Gasteiger partial charge in [-0.05, 0) is 69.3 Å². The minimum atomic E-state index is -0.560. The lowest BCUT2D eigenvalue weighted by atomic mass is 10.0. The van der Waals surface area contributed by atoms with Crippen LogP contribution >= 0.6 is 0 Å². The Morgan fingerprint density at radius 2 is 1.34 bits per heavy atom. The number of anilines is 2. The number of amides is 1. The van der Waals surface area contributed by atoms with Crippen LogP contribution in [0.25, 0.3) is 0 Å². The van der Waals surface area contributed by atoms with E-state index in [0.29, 0.717) is 24.2 Å². The molecule has 1 aliphatic heterocycles. The summed E-state index contributed by atoms with van der Waals surface area (Å²) in [5.41, 5.74) is 13.7. The van der Waals surface area contributed by atoms with Crippen molar-refractivity contribution in [2.75, 3.05) is 18.0 Å². The molecule has 1 fully saturated rings. The maximum Gasteiger partial charge on any atom is 0.410 e. The van der Waals surface area contributed by atoms with E-state index in [9.17, 15) is 4.79 Å². The van der Waals surface area contributed by atoms with E-state index < -0.39 is 5.60 Å². The number of ether oxygens (including phenoxy) is 1. The van der Waals surface area contributed by atoms with Crippen molar-refractivity contribution in [3.8, 4) is 0 Å². The average molecular weight is 441 g/mol. The number of nitrogens with zero attached hydrogens (tertiary/aromatic N) is 4. The number of oxime groups is 2. The second-order valence-electron chi connectivity index (χ2n) is 8.47. The number of hydrogen-bond acceptors (Lipinski definition) is 7. The Hall–Kier alpha value is -3.95. The largest absolute Gasteiger partial charge is 0.444 e. The fourth-order valence-electron chi connectivity index (χ4n) is 3.37. The first kappa shape index (κ1) is 22.7. The zero-order chi connectivity index (χ0) is 23.5. The van der Waals surface area contributed by atoms with E-state index in [1.807, 2.05) is 45.0 Å². The van der Waals surface area contributed by atoms with E-state index >= 15 is 0 Å². The van der Waals surface area contributed by atoms with E-state index in [0.717, 1.165) is 11.4 Å². The highest BCUT2D eigenvalue weighted by Crippen LogP contribution is 2.32. The van der Waals surface area contributed by atoms with Crippen LogP contribution in [0.4, 0.5) is 16.2 Å². The number of amidine groups is 2. The maximum atomic E-state index is 12.4. The van der Waals surface area contributed by atoms with Gasteiger partial charge in [-0.1, -0.05) is 10.3 Å². The van der Waals surface area contributed by atoms with Crippen molar-refractivity contribution in [1.82, 2.24) is 4.90 Å². The predicted octanol–water partition coefficient (Wildman–Crippen LogP) is 2.63. The smallest absolute Gasteiger partial charge is 0.410 e. The summed E-state index contributed by atoms with van der Waals surface area (Å²) < 4.78 is 5.46. The van der Waals surface area contributed by atoms with Gasteiger partial charge < -0.3 is 36.4 Å². The molecule has 0 bridgehead atoms. The van der Waals surface area contributed by atoms with E-state index in [1.165, 1.54) is 0 Å². The summed E-state index contributed by atoms with van der Waals surface area (Å²) in [5.74, 6) is 0.0388. The van der Waals surface area contributed by atoms with Gasteiger partial charge in [-0.2, -0.15) is 0 Å². The molecule has 1 aliphatic rings. The van der Waals surface area contributed by atoms with Crippen LogP contribution in [-0.4, -0.2) is 57.8 Å². The second-order valence-corrected chi connectivity index (χ2v) is 8.47. The Labute approximate surface area is 186 Å². The molecule has 0 saturated carbocycles. The van der Waals surface area contributed by atoms with Crippen LogP contribution < -0.4 is 16.4 Å². The van der Waals surface area contributed by atoms with E-state index in [1.54, 1.807) is 29.2 Å². The fourth-order valence-corrected chi connectivity index (χ4v) is 3.37. The predicted molar refractivity (Wildman–Crippen MR) is 122 cm³/mol. The quantitative estimate of drug-likeness (QED) is 0.241. The molecular formula is C22H28N6O4. The van der Waals surface area contributed by atoms with Gasteiger partial charge in [-0.25, -0.2) is 4.79 Å². The van der Waals surface area contributed by atoms with Crippen molar-refractivity contribution in [3.63, 3.8) is 0 Å². The Morgan fingerprint density at radius 1 is 0.938 bits per heavy atom. The molecule has 10 nitrogen and oxygen atoms in total. The van der Waals surface area contributed by atoms with Crippen LogP contribution in [-0.2, 0) is 4.74 Å². The molecule has 0 unspecified atom stereocenters. The molecule has 0 atom stereocenters. The van der Waals surface area contributed by atoms with Gasteiger partial charge in [0.2, 0.25) is 0 Å². The Balaban J connectivity index is 1.87.